The lowest BCUT2D eigenvalue weighted by Gasteiger charge is -2.26. The van der Waals surface area contributed by atoms with Gasteiger partial charge in [0.25, 0.3) is 0 Å². The molecule has 4 heteroatoms. The van der Waals surface area contributed by atoms with Gasteiger partial charge in [-0.1, -0.05) is 15.9 Å². The van der Waals surface area contributed by atoms with Crippen LogP contribution in [0.15, 0.2) is 22.7 Å². The fourth-order valence-corrected chi connectivity index (χ4v) is 2.60. The van der Waals surface area contributed by atoms with Gasteiger partial charge in [-0.3, -0.25) is 0 Å². The van der Waals surface area contributed by atoms with Crippen LogP contribution in [0.3, 0.4) is 0 Å². The van der Waals surface area contributed by atoms with E-state index >= 15 is 0 Å². The van der Waals surface area contributed by atoms with Crippen LogP contribution in [-0.4, -0.2) is 24.4 Å². The molecule has 1 N–H and O–H groups in total. The lowest BCUT2D eigenvalue weighted by atomic mass is 9.90. The van der Waals surface area contributed by atoms with E-state index in [4.69, 9.17) is 4.74 Å². The van der Waals surface area contributed by atoms with Crippen LogP contribution in [0.2, 0.25) is 0 Å². The van der Waals surface area contributed by atoms with Crippen LogP contribution in [0.4, 0.5) is 4.39 Å². The predicted molar refractivity (Wildman–Crippen MR) is 67.4 cm³/mol. The molecule has 1 aliphatic heterocycles. The molecule has 0 aliphatic carbocycles. The van der Waals surface area contributed by atoms with E-state index in [1.54, 1.807) is 12.1 Å². The van der Waals surface area contributed by atoms with Crippen LogP contribution in [-0.2, 0) is 11.2 Å². The molecule has 0 radical (unpaired) electrons. The number of rotatable bonds is 3. The molecule has 17 heavy (non-hydrogen) atoms. The highest BCUT2D eigenvalue weighted by atomic mass is 79.9. The summed E-state index contributed by atoms with van der Waals surface area (Å²) in [7, 11) is 0. The molecular weight excluding hydrogens is 287 g/mol. The third-order valence-corrected chi connectivity index (χ3v) is 3.74. The number of benzene rings is 1. The van der Waals surface area contributed by atoms with Crippen molar-refractivity contribution >= 4 is 15.9 Å². The predicted octanol–water partition coefficient (Wildman–Crippen LogP) is 2.92. The minimum atomic E-state index is -0.484. The Kier molecular flexibility index (Phi) is 4.54. The first kappa shape index (κ1) is 13.0. The number of halogens is 2. The zero-order valence-electron chi connectivity index (χ0n) is 9.53. The van der Waals surface area contributed by atoms with Gasteiger partial charge < -0.3 is 9.84 Å². The first-order valence-corrected chi connectivity index (χ1v) is 6.66. The van der Waals surface area contributed by atoms with Crippen LogP contribution in [0.25, 0.3) is 0 Å². The van der Waals surface area contributed by atoms with Gasteiger partial charge in [0, 0.05) is 24.1 Å². The average Bonchev–Trinajstić information content (AvgIpc) is 2.35. The molecular formula is C13H16BrFO2. The molecule has 1 fully saturated rings. The first-order valence-electron chi connectivity index (χ1n) is 5.86. The number of aliphatic hydroxyl groups excluding tert-OH is 1. The van der Waals surface area contributed by atoms with Crippen molar-refractivity contribution in [1.29, 1.82) is 0 Å². The van der Waals surface area contributed by atoms with Gasteiger partial charge in [-0.05, 0) is 42.5 Å². The first-order chi connectivity index (χ1) is 8.16. The van der Waals surface area contributed by atoms with Gasteiger partial charge in [0.15, 0.2) is 0 Å². The van der Waals surface area contributed by atoms with Gasteiger partial charge in [-0.25, -0.2) is 4.39 Å². The zero-order valence-corrected chi connectivity index (χ0v) is 11.1. The molecule has 1 saturated heterocycles. The quantitative estimate of drug-likeness (QED) is 0.930. The van der Waals surface area contributed by atoms with E-state index in [9.17, 15) is 9.50 Å². The summed E-state index contributed by atoms with van der Waals surface area (Å²) >= 11 is 3.31. The summed E-state index contributed by atoms with van der Waals surface area (Å²) in [5, 5.41) is 10.1. The minimum Gasteiger partial charge on any atom is -0.392 e. The molecule has 2 nitrogen and oxygen atoms in total. The molecule has 1 aromatic rings. The number of ether oxygens (including phenoxy) is 1. The second kappa shape index (κ2) is 5.94. The molecule has 1 heterocycles. The Hall–Kier alpha value is -0.450. The Morgan fingerprint density at radius 2 is 2.12 bits per heavy atom. The molecule has 0 aromatic heterocycles. The molecule has 1 atom stereocenters. The number of aliphatic hydroxyl groups is 1. The van der Waals surface area contributed by atoms with E-state index in [0.717, 1.165) is 17.3 Å². The standard InChI is InChI=1S/C13H16BrFO2/c14-11-1-2-12(15)10(7-11)8-13(16)9-3-5-17-6-4-9/h1-2,7,9,13,16H,3-6,8H2. The maximum atomic E-state index is 13.5. The van der Waals surface area contributed by atoms with E-state index in [2.05, 4.69) is 15.9 Å². The van der Waals surface area contributed by atoms with Crippen molar-refractivity contribution in [3.63, 3.8) is 0 Å². The second-order valence-corrected chi connectivity index (χ2v) is 5.37. The third kappa shape index (κ3) is 3.50. The lowest BCUT2D eigenvalue weighted by molar-refractivity contribution is 0.00812. The van der Waals surface area contributed by atoms with Crippen LogP contribution >= 0.6 is 15.9 Å². The van der Waals surface area contributed by atoms with Gasteiger partial charge in [0.2, 0.25) is 0 Å². The smallest absolute Gasteiger partial charge is 0.126 e. The highest BCUT2D eigenvalue weighted by molar-refractivity contribution is 9.10. The number of hydrogen-bond acceptors (Lipinski definition) is 2. The summed E-state index contributed by atoms with van der Waals surface area (Å²) in [6.07, 6.45) is 1.60. The second-order valence-electron chi connectivity index (χ2n) is 4.46. The normalized spacial score (nSPS) is 19.2. The maximum absolute atomic E-state index is 13.5. The summed E-state index contributed by atoms with van der Waals surface area (Å²) < 4.78 is 19.6. The summed E-state index contributed by atoms with van der Waals surface area (Å²) in [5.74, 6) is -0.0264. The third-order valence-electron chi connectivity index (χ3n) is 3.25. The SMILES string of the molecule is OC(Cc1cc(Br)ccc1F)C1CCOCC1. The van der Waals surface area contributed by atoms with Gasteiger partial charge >= 0.3 is 0 Å². The Labute approximate surface area is 109 Å². The van der Waals surface area contributed by atoms with Gasteiger partial charge in [0.1, 0.15) is 5.82 Å². The van der Waals surface area contributed by atoms with Crippen molar-refractivity contribution in [1.82, 2.24) is 0 Å². The Bertz CT molecular complexity index is 378. The molecule has 0 amide bonds. The van der Waals surface area contributed by atoms with Gasteiger partial charge in [-0.15, -0.1) is 0 Å². The van der Waals surface area contributed by atoms with E-state index in [0.29, 0.717) is 25.2 Å². The van der Waals surface area contributed by atoms with Crippen LogP contribution in [0, 0.1) is 11.7 Å². The van der Waals surface area contributed by atoms with Crippen molar-refractivity contribution in [2.75, 3.05) is 13.2 Å². The molecule has 1 aliphatic rings. The molecule has 1 unspecified atom stereocenters. The van der Waals surface area contributed by atoms with Crippen molar-refractivity contribution in [3.05, 3.63) is 34.1 Å². The topological polar surface area (TPSA) is 29.5 Å². The highest BCUT2D eigenvalue weighted by Crippen LogP contribution is 2.23. The Morgan fingerprint density at radius 1 is 1.41 bits per heavy atom. The monoisotopic (exact) mass is 302 g/mol. The van der Waals surface area contributed by atoms with E-state index in [1.807, 2.05) is 0 Å². The van der Waals surface area contributed by atoms with Gasteiger partial charge in [-0.2, -0.15) is 0 Å². The fourth-order valence-electron chi connectivity index (χ4n) is 2.19. The van der Waals surface area contributed by atoms with Crippen molar-refractivity contribution in [2.45, 2.75) is 25.4 Å². The summed E-state index contributed by atoms with van der Waals surface area (Å²) in [6.45, 7) is 1.39. The largest absolute Gasteiger partial charge is 0.392 e. The lowest BCUT2D eigenvalue weighted by Crippen LogP contribution is -2.29. The van der Waals surface area contributed by atoms with E-state index < -0.39 is 6.10 Å². The molecule has 0 spiro atoms. The molecule has 0 saturated carbocycles. The fraction of sp³-hybridized carbons (Fsp3) is 0.538. The van der Waals surface area contributed by atoms with Gasteiger partial charge in [0.05, 0.1) is 6.10 Å². The summed E-state index contributed by atoms with van der Waals surface area (Å²) in [6, 6.07) is 4.83. The van der Waals surface area contributed by atoms with Crippen LogP contribution < -0.4 is 0 Å². The van der Waals surface area contributed by atoms with E-state index in [-0.39, 0.29) is 11.7 Å². The van der Waals surface area contributed by atoms with Crippen molar-refractivity contribution in [3.8, 4) is 0 Å². The minimum absolute atomic E-state index is 0.224. The Morgan fingerprint density at radius 3 is 2.82 bits per heavy atom. The zero-order chi connectivity index (χ0) is 12.3. The summed E-state index contributed by atoms with van der Waals surface area (Å²) in [5.41, 5.74) is 0.568. The number of hydrogen-bond donors (Lipinski definition) is 1. The van der Waals surface area contributed by atoms with Crippen molar-refractivity contribution < 1.29 is 14.2 Å². The molecule has 94 valence electrons. The van der Waals surface area contributed by atoms with Crippen LogP contribution in [0.5, 0.6) is 0 Å². The average molecular weight is 303 g/mol. The van der Waals surface area contributed by atoms with E-state index in [1.165, 1.54) is 6.07 Å². The molecule has 0 bridgehead atoms. The van der Waals surface area contributed by atoms with Crippen LogP contribution in [0.1, 0.15) is 18.4 Å². The highest BCUT2D eigenvalue weighted by Gasteiger charge is 2.23. The molecule has 2 rings (SSSR count). The molecule has 1 aromatic carbocycles. The maximum Gasteiger partial charge on any atom is 0.126 e. The van der Waals surface area contributed by atoms with Crippen molar-refractivity contribution in [2.24, 2.45) is 5.92 Å². The summed E-state index contributed by atoms with van der Waals surface area (Å²) in [4.78, 5) is 0. The Balaban J connectivity index is 2.01.